The third-order valence-corrected chi connectivity index (χ3v) is 21.4. The summed E-state index contributed by atoms with van der Waals surface area (Å²) < 4.78 is 34.4. The molecule has 12 N–H and O–H groups in total. The molecule has 17 unspecified atom stereocenters. The van der Waals surface area contributed by atoms with E-state index in [-0.39, 0.29) is 18.9 Å². The highest BCUT2D eigenvalue weighted by Crippen LogP contribution is 2.33. The summed E-state index contributed by atoms with van der Waals surface area (Å²) in [6.45, 7) is 1.76. The molecule has 0 aliphatic carbocycles. The van der Waals surface area contributed by atoms with Crippen LogP contribution in [0.5, 0.6) is 0 Å². The Kier molecular flexibility index (Phi) is 59.9. The molecule has 3 rings (SSSR count). The summed E-state index contributed by atoms with van der Waals surface area (Å²) in [5.41, 5.74) is 0. The van der Waals surface area contributed by atoms with Crippen molar-refractivity contribution < 1.29 is 89.4 Å². The van der Waals surface area contributed by atoms with Crippen LogP contribution in [0.15, 0.2) is 36.5 Å². The first-order valence-electron chi connectivity index (χ1n) is 42.7. The monoisotopic (exact) mass is 1470 g/mol. The number of carbonyl (C=O) groups excluding carboxylic acids is 1. The van der Waals surface area contributed by atoms with Crippen molar-refractivity contribution in [2.45, 2.75) is 465 Å². The molecule has 17 atom stereocenters. The Balaban J connectivity index is 1.30. The molecule has 3 aliphatic rings. The first-order valence-corrected chi connectivity index (χ1v) is 42.7. The summed E-state index contributed by atoms with van der Waals surface area (Å²) in [6.07, 6.45) is 54.6. The van der Waals surface area contributed by atoms with Gasteiger partial charge in [0.2, 0.25) is 5.91 Å². The van der Waals surface area contributed by atoms with Gasteiger partial charge in [0.05, 0.1) is 38.6 Å². The third-order valence-electron chi connectivity index (χ3n) is 21.4. The van der Waals surface area contributed by atoms with Gasteiger partial charge in [-0.2, -0.15) is 0 Å². The average molecular weight is 1470 g/mol. The number of aliphatic hydroxyl groups is 11. The van der Waals surface area contributed by atoms with Crippen LogP contribution in [0.2, 0.25) is 0 Å². The minimum absolute atomic E-state index is 0.236. The van der Waals surface area contributed by atoms with Crippen LogP contribution in [0.4, 0.5) is 0 Å². The number of amides is 1. The quantitative estimate of drug-likeness (QED) is 0.0199. The number of aliphatic hydroxyl groups excluding tert-OH is 11. The lowest BCUT2D eigenvalue weighted by molar-refractivity contribution is -0.379. The van der Waals surface area contributed by atoms with Crippen molar-refractivity contribution >= 4 is 5.91 Å². The Morgan fingerprint density at radius 2 is 0.621 bits per heavy atom. The standard InChI is InChI=1S/C84H157NO18/c1-3-5-7-9-11-13-15-17-19-21-23-24-25-26-27-28-29-30-31-32-33-34-35-36-37-38-39-40-41-42-44-46-48-50-52-54-56-58-60-62-72(90)85-67(68(89)61-59-57-55-53-51-49-47-45-43-22-20-18-16-14-12-10-8-6-4-2)66-98-82-78(96)75(93)80(70(64-87)100-82)103-84-79(97)76(94)81(71(65-88)101-84)102-83-77(95)74(92)73(91)69(63-86)99-83/h43,45,51,53,59,61,67-71,73-84,86-89,91-97H,3-42,44,46-50,52,54-58,60,62-66H2,1-2H3,(H,85,90)/b45-43+,53-51+,61-59+. The molecule has 3 fully saturated rings. The summed E-state index contributed by atoms with van der Waals surface area (Å²) in [4.78, 5) is 13.5. The molecule has 3 heterocycles. The summed E-state index contributed by atoms with van der Waals surface area (Å²) in [5, 5.41) is 121. The van der Waals surface area contributed by atoms with E-state index < -0.39 is 124 Å². The van der Waals surface area contributed by atoms with E-state index in [2.05, 4.69) is 43.5 Å². The van der Waals surface area contributed by atoms with E-state index in [1.54, 1.807) is 6.08 Å². The van der Waals surface area contributed by atoms with Crippen LogP contribution in [0.3, 0.4) is 0 Å². The molecule has 0 spiro atoms. The molecule has 103 heavy (non-hydrogen) atoms. The number of hydrogen-bond acceptors (Lipinski definition) is 18. The van der Waals surface area contributed by atoms with Crippen LogP contribution in [0.25, 0.3) is 0 Å². The van der Waals surface area contributed by atoms with E-state index in [1.807, 2.05) is 6.08 Å². The van der Waals surface area contributed by atoms with Gasteiger partial charge in [0.1, 0.15) is 73.2 Å². The molecule has 3 saturated heterocycles. The van der Waals surface area contributed by atoms with Crippen molar-refractivity contribution in [1.82, 2.24) is 5.32 Å². The van der Waals surface area contributed by atoms with E-state index in [0.717, 1.165) is 44.9 Å². The van der Waals surface area contributed by atoms with Gasteiger partial charge in [-0.25, -0.2) is 0 Å². The van der Waals surface area contributed by atoms with Crippen molar-refractivity contribution in [2.24, 2.45) is 0 Å². The number of hydrogen-bond donors (Lipinski definition) is 12. The van der Waals surface area contributed by atoms with Crippen molar-refractivity contribution in [3.8, 4) is 0 Å². The third kappa shape index (κ3) is 44.5. The predicted molar refractivity (Wildman–Crippen MR) is 411 cm³/mol. The number of rotatable bonds is 69. The lowest BCUT2D eigenvalue weighted by atomic mass is 9.96. The minimum atomic E-state index is -1.98. The molecule has 0 radical (unpaired) electrons. The first kappa shape index (κ1) is 95.2. The molecule has 0 aromatic heterocycles. The second-order valence-corrected chi connectivity index (χ2v) is 30.6. The predicted octanol–water partition coefficient (Wildman–Crippen LogP) is 15.1. The van der Waals surface area contributed by atoms with E-state index in [1.165, 1.54) is 283 Å². The highest BCUT2D eigenvalue weighted by Gasteiger charge is 2.54. The average Bonchev–Trinajstić information content (AvgIpc) is 0.780. The molecule has 19 heteroatoms. The number of nitrogens with one attached hydrogen (secondary N) is 1. The maximum Gasteiger partial charge on any atom is 0.220 e. The Hall–Kier alpha value is -1.99. The first-order chi connectivity index (χ1) is 50.3. The summed E-state index contributed by atoms with van der Waals surface area (Å²) >= 11 is 0. The summed E-state index contributed by atoms with van der Waals surface area (Å²) in [6, 6.07) is -0.996. The zero-order valence-corrected chi connectivity index (χ0v) is 65.1. The van der Waals surface area contributed by atoms with E-state index in [4.69, 9.17) is 28.4 Å². The summed E-state index contributed by atoms with van der Waals surface area (Å²) in [5.74, 6) is -0.283. The molecule has 1 amide bonds. The molecule has 3 aliphatic heterocycles. The number of unbranched alkanes of at least 4 members (excludes halogenated alkanes) is 49. The maximum absolute atomic E-state index is 13.5. The molecule has 0 bridgehead atoms. The molecule has 0 saturated carbocycles. The number of ether oxygens (including phenoxy) is 6. The van der Waals surface area contributed by atoms with Crippen LogP contribution in [-0.4, -0.2) is 193 Å². The van der Waals surface area contributed by atoms with Crippen LogP contribution >= 0.6 is 0 Å². The Morgan fingerprint density at radius 1 is 0.340 bits per heavy atom. The normalized spacial score (nSPS) is 26.2. The van der Waals surface area contributed by atoms with E-state index in [9.17, 15) is 61.0 Å². The zero-order valence-electron chi connectivity index (χ0n) is 65.1. The molecule has 606 valence electrons. The van der Waals surface area contributed by atoms with Crippen LogP contribution < -0.4 is 5.32 Å². The van der Waals surface area contributed by atoms with Gasteiger partial charge in [0.25, 0.3) is 0 Å². The highest BCUT2D eigenvalue weighted by atomic mass is 16.8. The molecule has 0 aromatic rings. The van der Waals surface area contributed by atoms with Crippen molar-refractivity contribution in [1.29, 1.82) is 0 Å². The lowest BCUT2D eigenvalue weighted by Gasteiger charge is -2.48. The fourth-order valence-corrected chi connectivity index (χ4v) is 14.6. The largest absolute Gasteiger partial charge is 0.394 e. The van der Waals surface area contributed by atoms with Gasteiger partial charge in [-0.1, -0.05) is 346 Å². The van der Waals surface area contributed by atoms with Gasteiger partial charge < -0.3 is 89.9 Å². The van der Waals surface area contributed by atoms with E-state index >= 15 is 0 Å². The van der Waals surface area contributed by atoms with Gasteiger partial charge in [-0.3, -0.25) is 4.79 Å². The second-order valence-electron chi connectivity index (χ2n) is 30.6. The number of allylic oxidation sites excluding steroid dienone is 5. The van der Waals surface area contributed by atoms with Crippen LogP contribution in [0.1, 0.15) is 361 Å². The Labute approximate surface area is 625 Å². The smallest absolute Gasteiger partial charge is 0.220 e. The van der Waals surface area contributed by atoms with Crippen LogP contribution in [0, 0.1) is 0 Å². The van der Waals surface area contributed by atoms with E-state index in [0.29, 0.717) is 12.8 Å². The fourth-order valence-electron chi connectivity index (χ4n) is 14.6. The molecule has 19 nitrogen and oxygen atoms in total. The Bertz CT molecular complexity index is 2000. The van der Waals surface area contributed by atoms with Gasteiger partial charge >= 0.3 is 0 Å². The van der Waals surface area contributed by atoms with Crippen molar-refractivity contribution in [2.75, 3.05) is 26.4 Å². The van der Waals surface area contributed by atoms with Gasteiger partial charge in [-0.15, -0.1) is 0 Å². The SMILES string of the molecule is CCCCCCCCCCC/C=C/CC/C=C/CC/C=C/C(O)C(COC1OC(CO)C(OC2OC(CO)C(OC3OC(CO)C(O)C(O)C3O)C(O)C2O)C(O)C1O)NC(=O)CCCCCCCCCCCCCCCCCCCCCCCCCCCCCCCCCCCCCCCCC. The van der Waals surface area contributed by atoms with Gasteiger partial charge in [0.15, 0.2) is 18.9 Å². The lowest BCUT2D eigenvalue weighted by Crippen LogP contribution is -2.66. The zero-order chi connectivity index (χ0) is 74.6. The van der Waals surface area contributed by atoms with Crippen LogP contribution in [-0.2, 0) is 33.2 Å². The Morgan fingerprint density at radius 3 is 0.971 bits per heavy atom. The maximum atomic E-state index is 13.5. The molecular weight excluding hydrogens is 1310 g/mol. The molecular formula is C84H157NO18. The van der Waals surface area contributed by atoms with Gasteiger partial charge in [-0.05, 0) is 44.9 Å². The van der Waals surface area contributed by atoms with Gasteiger partial charge in [0, 0.05) is 6.42 Å². The van der Waals surface area contributed by atoms with Crippen molar-refractivity contribution in [3.05, 3.63) is 36.5 Å². The van der Waals surface area contributed by atoms with Crippen molar-refractivity contribution in [3.63, 3.8) is 0 Å². The fraction of sp³-hybridized carbons (Fsp3) is 0.917. The topological polar surface area (TPSA) is 307 Å². The molecule has 0 aromatic carbocycles. The summed E-state index contributed by atoms with van der Waals surface area (Å²) in [7, 11) is 0. The number of carbonyl (C=O) groups is 1. The second kappa shape index (κ2) is 64.8. The highest BCUT2D eigenvalue weighted by molar-refractivity contribution is 5.76. The minimum Gasteiger partial charge on any atom is -0.394 e.